The molecule has 0 radical (unpaired) electrons. The van der Waals surface area contributed by atoms with Crippen molar-refractivity contribution >= 4 is 17.3 Å². The van der Waals surface area contributed by atoms with Crippen LogP contribution >= 0.6 is 11.3 Å². The summed E-state index contributed by atoms with van der Waals surface area (Å²) in [4.78, 5) is 15.4. The molecule has 0 fully saturated rings. The van der Waals surface area contributed by atoms with Crippen LogP contribution in [0.1, 0.15) is 56.2 Å². The molecule has 0 N–H and O–H groups in total. The summed E-state index contributed by atoms with van der Waals surface area (Å²) in [5.41, 5.74) is 4.64. The van der Waals surface area contributed by atoms with Gasteiger partial charge in [-0.1, -0.05) is 6.07 Å². The Morgan fingerprint density at radius 3 is 2.49 bits per heavy atom. The molecular formula is C29H34O5S. The van der Waals surface area contributed by atoms with Crippen molar-refractivity contribution in [3.63, 3.8) is 0 Å². The lowest BCUT2D eigenvalue weighted by Gasteiger charge is -2.27. The van der Waals surface area contributed by atoms with Crippen LogP contribution in [-0.2, 0) is 20.7 Å². The molecule has 3 aromatic rings. The summed E-state index contributed by atoms with van der Waals surface area (Å²) in [6.45, 7) is 10.8. The largest absolute Gasteiger partial charge is 0.497 e. The highest BCUT2D eigenvalue weighted by atomic mass is 32.1. The van der Waals surface area contributed by atoms with Crippen LogP contribution in [0.15, 0.2) is 42.5 Å². The van der Waals surface area contributed by atoms with Crippen LogP contribution in [0, 0.1) is 6.92 Å². The van der Waals surface area contributed by atoms with Gasteiger partial charge >= 0.3 is 5.97 Å². The Kier molecular flexibility index (Phi) is 7.53. The lowest BCUT2D eigenvalue weighted by atomic mass is 9.91. The third-order valence-electron chi connectivity index (χ3n) is 5.91. The van der Waals surface area contributed by atoms with Gasteiger partial charge in [0.05, 0.1) is 25.9 Å². The van der Waals surface area contributed by atoms with Crippen molar-refractivity contribution in [2.45, 2.75) is 59.2 Å². The van der Waals surface area contributed by atoms with Gasteiger partial charge in [0.25, 0.3) is 0 Å². The van der Waals surface area contributed by atoms with E-state index in [1.165, 1.54) is 5.56 Å². The molecule has 0 saturated heterocycles. The SMILES string of the molecule is CCOC(=O)C(OC(C)(C)C)c1c(C)sc(-c2ccc(OC)cc2)c1-c1ccc2c(c1)CCCO2. The first-order valence-electron chi connectivity index (χ1n) is 12.1. The minimum atomic E-state index is -0.833. The number of carbonyl (C=O) groups is 1. The fraction of sp³-hybridized carbons (Fsp3) is 0.414. The number of methoxy groups -OCH3 is 1. The molecule has 0 spiro atoms. The highest BCUT2D eigenvalue weighted by Gasteiger charge is 2.35. The standard InChI is InChI=1S/C29H34O5S/c1-7-32-28(30)26(34-29(3,4)5)24-18(2)35-27(19-10-13-22(31-6)14-11-19)25(24)21-12-15-23-20(17-21)9-8-16-33-23/h10-15,17,26H,7-9,16H2,1-6H3. The molecule has 0 aliphatic carbocycles. The lowest BCUT2D eigenvalue weighted by Crippen LogP contribution is -2.29. The molecular weight excluding hydrogens is 460 g/mol. The number of ether oxygens (including phenoxy) is 4. The van der Waals surface area contributed by atoms with Gasteiger partial charge in [0, 0.05) is 20.9 Å². The normalized spacial score (nSPS) is 14.1. The molecule has 2 heterocycles. The van der Waals surface area contributed by atoms with Crippen LogP contribution in [0.4, 0.5) is 0 Å². The first-order chi connectivity index (χ1) is 16.7. The summed E-state index contributed by atoms with van der Waals surface area (Å²) < 4.78 is 23.1. The molecule has 2 aromatic carbocycles. The molecule has 1 aliphatic heterocycles. The van der Waals surface area contributed by atoms with Crippen LogP contribution in [-0.4, -0.2) is 31.9 Å². The van der Waals surface area contributed by atoms with E-state index in [1.54, 1.807) is 18.4 Å². The fourth-order valence-electron chi connectivity index (χ4n) is 4.42. The Morgan fingerprint density at radius 2 is 1.83 bits per heavy atom. The zero-order valence-electron chi connectivity index (χ0n) is 21.4. The number of esters is 1. The summed E-state index contributed by atoms with van der Waals surface area (Å²) in [7, 11) is 1.66. The Hall–Kier alpha value is -2.83. The first kappa shape index (κ1) is 25.3. The highest BCUT2D eigenvalue weighted by Crippen LogP contribution is 2.48. The van der Waals surface area contributed by atoms with Gasteiger partial charge in [-0.3, -0.25) is 0 Å². The molecule has 0 amide bonds. The van der Waals surface area contributed by atoms with Gasteiger partial charge in [-0.15, -0.1) is 11.3 Å². The number of hydrogen-bond acceptors (Lipinski definition) is 6. The van der Waals surface area contributed by atoms with Crippen LogP contribution in [0.2, 0.25) is 0 Å². The smallest absolute Gasteiger partial charge is 0.340 e. The Labute approximate surface area is 212 Å². The van der Waals surface area contributed by atoms with E-state index >= 15 is 0 Å². The van der Waals surface area contributed by atoms with Crippen molar-refractivity contribution in [1.82, 2.24) is 0 Å². The fourth-order valence-corrected chi connectivity index (χ4v) is 5.63. The zero-order chi connectivity index (χ0) is 25.2. The zero-order valence-corrected chi connectivity index (χ0v) is 22.2. The summed E-state index contributed by atoms with van der Waals surface area (Å²) >= 11 is 1.67. The number of aryl methyl sites for hydroxylation is 2. The molecule has 1 aromatic heterocycles. The van der Waals surface area contributed by atoms with Crippen LogP contribution in [0.5, 0.6) is 11.5 Å². The number of carbonyl (C=O) groups excluding carboxylic acids is 1. The van der Waals surface area contributed by atoms with Crippen LogP contribution in [0.25, 0.3) is 21.6 Å². The molecule has 5 nitrogen and oxygen atoms in total. The molecule has 4 rings (SSSR count). The van der Waals surface area contributed by atoms with E-state index in [4.69, 9.17) is 18.9 Å². The average Bonchev–Trinajstić information content (AvgIpc) is 3.18. The molecule has 1 atom stereocenters. The molecule has 6 heteroatoms. The monoisotopic (exact) mass is 494 g/mol. The second kappa shape index (κ2) is 10.4. The maximum atomic E-state index is 13.2. The van der Waals surface area contributed by atoms with E-state index in [1.807, 2.05) is 45.9 Å². The maximum absolute atomic E-state index is 13.2. The third kappa shape index (κ3) is 5.54. The second-order valence-corrected chi connectivity index (χ2v) is 10.9. The minimum absolute atomic E-state index is 0.295. The highest BCUT2D eigenvalue weighted by molar-refractivity contribution is 7.16. The third-order valence-corrected chi connectivity index (χ3v) is 7.08. The topological polar surface area (TPSA) is 54.0 Å². The number of rotatable bonds is 7. The van der Waals surface area contributed by atoms with E-state index < -0.39 is 11.7 Å². The first-order valence-corrected chi connectivity index (χ1v) is 12.9. The summed E-state index contributed by atoms with van der Waals surface area (Å²) in [6, 6.07) is 14.4. The Morgan fingerprint density at radius 1 is 1.11 bits per heavy atom. The molecule has 0 saturated carbocycles. The van der Waals surface area contributed by atoms with Gasteiger partial charge in [-0.25, -0.2) is 4.79 Å². The van der Waals surface area contributed by atoms with E-state index in [-0.39, 0.29) is 5.97 Å². The number of thiophene rings is 1. The number of hydrogen-bond donors (Lipinski definition) is 0. The van der Waals surface area contributed by atoms with Crippen molar-refractivity contribution in [3.05, 3.63) is 58.5 Å². The Bertz CT molecular complexity index is 1190. The molecule has 1 unspecified atom stereocenters. The van der Waals surface area contributed by atoms with E-state index in [9.17, 15) is 4.79 Å². The van der Waals surface area contributed by atoms with E-state index in [0.29, 0.717) is 6.61 Å². The summed E-state index contributed by atoms with van der Waals surface area (Å²) in [5.74, 6) is 1.37. The van der Waals surface area contributed by atoms with Gasteiger partial charge < -0.3 is 18.9 Å². The predicted octanol–water partition coefficient (Wildman–Crippen LogP) is 7.14. The Balaban J connectivity index is 1.95. The van der Waals surface area contributed by atoms with Gasteiger partial charge in [-0.05, 0) is 101 Å². The molecule has 186 valence electrons. The van der Waals surface area contributed by atoms with Gasteiger partial charge in [0.2, 0.25) is 0 Å². The van der Waals surface area contributed by atoms with Crippen LogP contribution < -0.4 is 9.47 Å². The maximum Gasteiger partial charge on any atom is 0.340 e. The molecule has 35 heavy (non-hydrogen) atoms. The molecule has 0 bridgehead atoms. The van der Waals surface area contributed by atoms with Gasteiger partial charge in [0.1, 0.15) is 11.5 Å². The van der Waals surface area contributed by atoms with Crippen molar-refractivity contribution in [2.24, 2.45) is 0 Å². The quantitative estimate of drug-likeness (QED) is 0.327. The average molecular weight is 495 g/mol. The second-order valence-electron chi connectivity index (χ2n) is 9.64. The van der Waals surface area contributed by atoms with Crippen molar-refractivity contribution in [2.75, 3.05) is 20.3 Å². The summed E-state index contributed by atoms with van der Waals surface area (Å²) in [5, 5.41) is 0. The molecule has 1 aliphatic rings. The summed E-state index contributed by atoms with van der Waals surface area (Å²) in [6.07, 6.45) is 1.13. The van der Waals surface area contributed by atoms with Crippen LogP contribution in [0.3, 0.4) is 0 Å². The predicted molar refractivity (Wildman–Crippen MR) is 141 cm³/mol. The van der Waals surface area contributed by atoms with E-state index in [0.717, 1.165) is 63.0 Å². The van der Waals surface area contributed by atoms with Gasteiger partial charge in [0.15, 0.2) is 6.10 Å². The lowest BCUT2D eigenvalue weighted by molar-refractivity contribution is -0.166. The van der Waals surface area contributed by atoms with Crippen molar-refractivity contribution in [1.29, 1.82) is 0 Å². The van der Waals surface area contributed by atoms with Crippen molar-refractivity contribution < 1.29 is 23.7 Å². The minimum Gasteiger partial charge on any atom is -0.497 e. The van der Waals surface area contributed by atoms with Crippen molar-refractivity contribution in [3.8, 4) is 33.1 Å². The van der Waals surface area contributed by atoms with E-state index in [2.05, 4.69) is 31.2 Å². The van der Waals surface area contributed by atoms with Gasteiger partial charge in [-0.2, -0.15) is 0 Å². The number of benzene rings is 2. The number of fused-ring (bicyclic) bond motifs is 1.